The van der Waals surface area contributed by atoms with Crippen LogP contribution in [0.25, 0.3) is 0 Å². The number of carbonyl (C=O) groups is 2. The molecule has 0 saturated carbocycles. The summed E-state index contributed by atoms with van der Waals surface area (Å²) >= 11 is 0. The fourth-order valence-corrected chi connectivity index (χ4v) is 3.44. The van der Waals surface area contributed by atoms with Crippen LogP contribution in [0.15, 0.2) is 48.5 Å². The number of carbonyl (C=O) groups excluding carboxylic acids is 1. The number of benzene rings is 2. The Morgan fingerprint density at radius 2 is 1.82 bits per heavy atom. The third-order valence-electron chi connectivity index (χ3n) is 4.78. The lowest BCUT2D eigenvalue weighted by Crippen LogP contribution is -2.30. The molecule has 28 heavy (non-hydrogen) atoms. The van der Waals surface area contributed by atoms with Crippen molar-refractivity contribution < 1.29 is 33.0 Å². The summed E-state index contributed by atoms with van der Waals surface area (Å²) in [6.45, 7) is -2.81. The lowest BCUT2D eigenvalue weighted by Gasteiger charge is -2.18. The minimum absolute atomic E-state index is 0.0325. The van der Waals surface area contributed by atoms with E-state index in [-0.39, 0.29) is 36.1 Å². The number of hydrogen-bond acceptors (Lipinski definition) is 4. The molecule has 1 N–H and O–H groups in total. The molecule has 1 aliphatic rings. The van der Waals surface area contributed by atoms with Crippen molar-refractivity contribution in [3.8, 4) is 11.5 Å². The Morgan fingerprint density at radius 3 is 2.43 bits per heavy atom. The number of alkyl halides is 2. The van der Waals surface area contributed by atoms with Gasteiger partial charge in [0.25, 0.3) is 5.91 Å². The van der Waals surface area contributed by atoms with Gasteiger partial charge in [-0.25, -0.2) is 0 Å². The Kier molecular flexibility index (Phi) is 5.77. The molecule has 1 fully saturated rings. The number of carboxylic acid groups (broad SMARTS) is 1. The van der Waals surface area contributed by atoms with Crippen LogP contribution in [0, 0.1) is 5.92 Å². The minimum atomic E-state index is -3.06. The molecule has 148 valence electrons. The van der Waals surface area contributed by atoms with Gasteiger partial charge < -0.3 is 19.5 Å². The number of nitrogens with zero attached hydrogens (tertiary/aromatic N) is 1. The van der Waals surface area contributed by atoms with Crippen molar-refractivity contribution in [1.29, 1.82) is 0 Å². The maximum atomic E-state index is 12.9. The first-order chi connectivity index (χ1) is 13.4. The molecule has 2 aromatic rings. The van der Waals surface area contributed by atoms with E-state index in [4.69, 9.17) is 4.74 Å². The highest BCUT2D eigenvalue weighted by molar-refractivity contribution is 5.95. The largest absolute Gasteiger partial charge is 0.493 e. The summed E-state index contributed by atoms with van der Waals surface area (Å²) in [7, 11) is 1.30. The van der Waals surface area contributed by atoms with Crippen molar-refractivity contribution in [3.05, 3.63) is 59.7 Å². The van der Waals surface area contributed by atoms with E-state index in [2.05, 4.69) is 4.74 Å². The summed E-state index contributed by atoms with van der Waals surface area (Å²) in [5.74, 6) is -2.72. The molecule has 0 aromatic heterocycles. The molecule has 2 atom stereocenters. The van der Waals surface area contributed by atoms with Gasteiger partial charge in [0, 0.05) is 24.6 Å². The molecule has 1 amide bonds. The van der Waals surface area contributed by atoms with Crippen LogP contribution in [-0.2, 0) is 4.79 Å². The van der Waals surface area contributed by atoms with Crippen molar-refractivity contribution >= 4 is 11.9 Å². The van der Waals surface area contributed by atoms with Gasteiger partial charge in [-0.05, 0) is 23.8 Å². The number of rotatable bonds is 6. The highest BCUT2D eigenvalue weighted by atomic mass is 19.3. The number of aliphatic carboxylic acids is 1. The first kappa shape index (κ1) is 19.6. The molecule has 2 aromatic carbocycles. The first-order valence-electron chi connectivity index (χ1n) is 8.60. The average Bonchev–Trinajstić information content (AvgIpc) is 3.13. The van der Waals surface area contributed by atoms with Crippen molar-refractivity contribution in [2.24, 2.45) is 5.92 Å². The molecule has 3 rings (SSSR count). The molecule has 8 heteroatoms. The smallest absolute Gasteiger partial charge is 0.387 e. The van der Waals surface area contributed by atoms with Gasteiger partial charge in [0.15, 0.2) is 11.5 Å². The summed E-state index contributed by atoms with van der Waals surface area (Å²) < 4.78 is 34.6. The van der Waals surface area contributed by atoms with Gasteiger partial charge in [-0.1, -0.05) is 30.3 Å². The summed E-state index contributed by atoms with van der Waals surface area (Å²) in [5.41, 5.74) is 0.955. The Hall–Kier alpha value is -3.16. The predicted molar refractivity (Wildman–Crippen MR) is 95.8 cm³/mol. The third-order valence-corrected chi connectivity index (χ3v) is 4.78. The number of carboxylic acids is 1. The third kappa shape index (κ3) is 4.05. The van der Waals surface area contributed by atoms with Crippen molar-refractivity contribution in [2.75, 3.05) is 20.2 Å². The van der Waals surface area contributed by atoms with E-state index in [9.17, 15) is 23.5 Å². The van der Waals surface area contributed by atoms with Gasteiger partial charge >= 0.3 is 12.6 Å². The Bertz CT molecular complexity index is 859. The van der Waals surface area contributed by atoms with Gasteiger partial charge in [0.1, 0.15) is 0 Å². The summed E-state index contributed by atoms with van der Waals surface area (Å²) in [5, 5.41) is 9.57. The van der Waals surface area contributed by atoms with E-state index in [0.717, 1.165) is 5.56 Å². The number of amides is 1. The molecular formula is C20H19F2NO5. The SMILES string of the molecule is COc1ccc(C(=O)N2CC(C(=O)O)C(c3ccccc3)C2)cc1OC(F)F. The standard InChI is InChI=1S/C20H19F2NO5/c1-27-16-8-7-13(9-17(16)28-20(21)22)18(24)23-10-14(15(11-23)19(25)26)12-5-3-2-4-6-12/h2-9,14-15,20H,10-11H2,1H3,(H,25,26). The quantitative estimate of drug-likeness (QED) is 0.818. The Labute approximate surface area is 160 Å². The van der Waals surface area contributed by atoms with Crippen LogP contribution in [0.3, 0.4) is 0 Å². The highest BCUT2D eigenvalue weighted by Crippen LogP contribution is 2.35. The van der Waals surface area contributed by atoms with Gasteiger partial charge in [0.2, 0.25) is 0 Å². The lowest BCUT2D eigenvalue weighted by molar-refractivity contribution is -0.141. The van der Waals surface area contributed by atoms with Crippen LogP contribution >= 0.6 is 0 Å². The van der Waals surface area contributed by atoms with Crippen molar-refractivity contribution in [2.45, 2.75) is 12.5 Å². The van der Waals surface area contributed by atoms with Crippen LogP contribution in [-0.4, -0.2) is 48.7 Å². The molecule has 0 aliphatic carbocycles. The van der Waals surface area contributed by atoms with Crippen molar-refractivity contribution in [3.63, 3.8) is 0 Å². The Morgan fingerprint density at radius 1 is 1.11 bits per heavy atom. The van der Waals surface area contributed by atoms with Crippen LogP contribution in [0.4, 0.5) is 8.78 Å². The first-order valence-corrected chi connectivity index (χ1v) is 8.60. The van der Waals surface area contributed by atoms with Crippen molar-refractivity contribution in [1.82, 2.24) is 4.90 Å². The van der Waals surface area contributed by atoms with E-state index in [1.54, 1.807) is 0 Å². The molecule has 0 radical (unpaired) electrons. The zero-order chi connectivity index (χ0) is 20.3. The van der Waals surface area contributed by atoms with E-state index >= 15 is 0 Å². The molecule has 0 spiro atoms. The van der Waals surface area contributed by atoms with Gasteiger partial charge in [-0.3, -0.25) is 9.59 Å². The topological polar surface area (TPSA) is 76.1 Å². The second-order valence-electron chi connectivity index (χ2n) is 6.42. The zero-order valence-electron chi connectivity index (χ0n) is 15.0. The maximum absolute atomic E-state index is 12.9. The maximum Gasteiger partial charge on any atom is 0.387 e. The van der Waals surface area contributed by atoms with E-state index in [0.29, 0.717) is 0 Å². The predicted octanol–water partition coefficient (Wildman–Crippen LogP) is 3.24. The molecule has 1 saturated heterocycles. The van der Waals surface area contributed by atoms with Gasteiger partial charge in [-0.2, -0.15) is 8.78 Å². The second kappa shape index (κ2) is 8.24. The lowest BCUT2D eigenvalue weighted by atomic mass is 9.89. The molecule has 1 heterocycles. The zero-order valence-corrected chi connectivity index (χ0v) is 15.0. The van der Waals surface area contributed by atoms with Crippen LogP contribution < -0.4 is 9.47 Å². The van der Waals surface area contributed by atoms with Crippen LogP contribution in [0.1, 0.15) is 21.8 Å². The number of likely N-dealkylation sites (tertiary alicyclic amines) is 1. The normalized spacial score (nSPS) is 18.9. The van der Waals surface area contributed by atoms with Gasteiger partial charge in [-0.15, -0.1) is 0 Å². The number of ether oxygens (including phenoxy) is 2. The molecule has 0 bridgehead atoms. The van der Waals surface area contributed by atoms with Gasteiger partial charge in [0.05, 0.1) is 13.0 Å². The highest BCUT2D eigenvalue weighted by Gasteiger charge is 2.40. The van der Waals surface area contributed by atoms with E-state index < -0.39 is 24.4 Å². The number of hydrogen-bond donors (Lipinski definition) is 1. The fraction of sp³-hybridized carbons (Fsp3) is 0.300. The van der Waals surface area contributed by atoms with E-state index in [1.165, 1.54) is 30.2 Å². The molecule has 2 unspecified atom stereocenters. The van der Waals surface area contributed by atoms with Crippen LogP contribution in [0.5, 0.6) is 11.5 Å². The molecule has 6 nitrogen and oxygen atoms in total. The Balaban J connectivity index is 1.85. The van der Waals surface area contributed by atoms with Crippen LogP contribution in [0.2, 0.25) is 0 Å². The summed E-state index contributed by atoms with van der Waals surface area (Å²) in [4.78, 5) is 26.0. The van der Waals surface area contributed by atoms with E-state index in [1.807, 2.05) is 30.3 Å². The average molecular weight is 391 g/mol. The summed E-state index contributed by atoms with van der Waals surface area (Å²) in [6.07, 6.45) is 0. The minimum Gasteiger partial charge on any atom is -0.493 e. The monoisotopic (exact) mass is 391 g/mol. The number of halogens is 2. The molecular weight excluding hydrogens is 372 g/mol. The second-order valence-corrected chi connectivity index (χ2v) is 6.42. The fourth-order valence-electron chi connectivity index (χ4n) is 3.44. The number of methoxy groups -OCH3 is 1. The molecule has 1 aliphatic heterocycles. The summed E-state index contributed by atoms with van der Waals surface area (Å²) in [6, 6.07) is 13.1.